The number of nitrogens with zero attached hydrogens (tertiary/aromatic N) is 2. The molecule has 2 amide bonds. The lowest BCUT2D eigenvalue weighted by atomic mass is 10.1. The number of nitrogens with one attached hydrogen (secondary N) is 1. The first kappa shape index (κ1) is 14.8. The van der Waals surface area contributed by atoms with E-state index >= 15 is 0 Å². The Morgan fingerprint density at radius 3 is 2.33 bits per heavy atom. The Bertz CT molecular complexity index is 671. The van der Waals surface area contributed by atoms with Gasteiger partial charge < -0.3 is 11.1 Å². The van der Waals surface area contributed by atoms with E-state index in [0.29, 0.717) is 22.9 Å². The summed E-state index contributed by atoms with van der Waals surface area (Å²) in [6, 6.07) is 8.16. The first-order valence-electron chi connectivity index (χ1n) is 6.63. The second kappa shape index (κ2) is 5.78. The monoisotopic (exact) mass is 286 g/mol. The number of hydrogen-bond acceptors (Lipinski definition) is 3. The number of carbonyl (C=O) groups excluding carboxylic acids is 2. The third-order valence-electron chi connectivity index (χ3n) is 3.17. The minimum atomic E-state index is -0.501. The minimum absolute atomic E-state index is 0.288. The van der Waals surface area contributed by atoms with Crippen LogP contribution in [0.4, 0.5) is 5.69 Å². The van der Waals surface area contributed by atoms with Crippen molar-refractivity contribution >= 4 is 17.5 Å². The summed E-state index contributed by atoms with van der Waals surface area (Å²) in [5.41, 5.74) is 7.50. The largest absolute Gasteiger partial charge is 0.366 e. The number of nitrogens with two attached hydrogens (primary N) is 1. The summed E-state index contributed by atoms with van der Waals surface area (Å²) in [6.07, 6.45) is 0. The quantitative estimate of drug-likeness (QED) is 0.899. The molecule has 0 bridgehead atoms. The number of carbonyl (C=O) groups is 2. The van der Waals surface area contributed by atoms with Crippen LogP contribution in [0.5, 0.6) is 0 Å². The summed E-state index contributed by atoms with van der Waals surface area (Å²) in [6.45, 7) is 4.09. The smallest absolute Gasteiger partial charge is 0.276 e. The molecule has 0 spiro atoms. The van der Waals surface area contributed by atoms with Gasteiger partial charge in [0.25, 0.3) is 5.91 Å². The van der Waals surface area contributed by atoms with Gasteiger partial charge >= 0.3 is 0 Å². The lowest BCUT2D eigenvalue weighted by molar-refractivity contribution is 0.0997. The molecule has 0 aliphatic rings. The van der Waals surface area contributed by atoms with Crippen LogP contribution in [-0.2, 0) is 7.05 Å². The zero-order valence-electron chi connectivity index (χ0n) is 12.3. The number of rotatable bonds is 4. The SMILES string of the molecule is CC(C)c1cc(C(=O)Nc2ccc(C(N)=O)cc2)nn1C. The Hall–Kier alpha value is -2.63. The summed E-state index contributed by atoms with van der Waals surface area (Å²) >= 11 is 0. The van der Waals surface area contributed by atoms with Crippen molar-refractivity contribution in [3.8, 4) is 0 Å². The molecule has 21 heavy (non-hydrogen) atoms. The van der Waals surface area contributed by atoms with Crippen molar-refractivity contribution in [1.82, 2.24) is 9.78 Å². The van der Waals surface area contributed by atoms with Crippen molar-refractivity contribution < 1.29 is 9.59 Å². The molecule has 1 aromatic heterocycles. The number of aryl methyl sites for hydroxylation is 1. The Balaban J connectivity index is 2.14. The van der Waals surface area contributed by atoms with Crippen molar-refractivity contribution in [3.05, 3.63) is 47.3 Å². The Kier molecular flexibility index (Phi) is 4.07. The first-order chi connectivity index (χ1) is 9.88. The van der Waals surface area contributed by atoms with Gasteiger partial charge in [0.15, 0.2) is 5.69 Å². The fraction of sp³-hybridized carbons (Fsp3) is 0.267. The van der Waals surface area contributed by atoms with E-state index in [1.54, 1.807) is 35.0 Å². The zero-order chi connectivity index (χ0) is 15.6. The molecule has 0 saturated heterocycles. The molecule has 0 saturated carbocycles. The maximum Gasteiger partial charge on any atom is 0.276 e. The van der Waals surface area contributed by atoms with Crippen LogP contribution in [0.15, 0.2) is 30.3 Å². The van der Waals surface area contributed by atoms with Crippen LogP contribution in [0.2, 0.25) is 0 Å². The summed E-state index contributed by atoms with van der Waals surface area (Å²) in [5.74, 6) is -0.498. The molecule has 0 atom stereocenters. The van der Waals surface area contributed by atoms with E-state index < -0.39 is 5.91 Å². The lowest BCUT2D eigenvalue weighted by Gasteiger charge is -2.03. The molecule has 6 heteroatoms. The molecule has 1 aromatic carbocycles. The molecule has 2 aromatic rings. The molecule has 3 N–H and O–H groups in total. The Morgan fingerprint density at radius 1 is 1.24 bits per heavy atom. The van der Waals surface area contributed by atoms with Crippen LogP contribution >= 0.6 is 0 Å². The molecule has 0 radical (unpaired) electrons. The zero-order valence-corrected chi connectivity index (χ0v) is 12.3. The molecule has 0 fully saturated rings. The normalized spacial score (nSPS) is 10.7. The van der Waals surface area contributed by atoms with Gasteiger partial charge in [-0.25, -0.2) is 0 Å². The molecule has 1 heterocycles. The van der Waals surface area contributed by atoms with E-state index in [2.05, 4.69) is 10.4 Å². The number of anilines is 1. The summed E-state index contributed by atoms with van der Waals surface area (Å²) in [7, 11) is 1.81. The number of primary amides is 1. The van der Waals surface area contributed by atoms with E-state index in [0.717, 1.165) is 5.69 Å². The maximum absolute atomic E-state index is 12.1. The van der Waals surface area contributed by atoms with E-state index in [-0.39, 0.29) is 5.91 Å². The topological polar surface area (TPSA) is 90.0 Å². The predicted molar refractivity (Wildman–Crippen MR) is 80.2 cm³/mol. The molecule has 0 aliphatic carbocycles. The Labute approximate surface area is 122 Å². The average molecular weight is 286 g/mol. The third-order valence-corrected chi connectivity index (χ3v) is 3.17. The van der Waals surface area contributed by atoms with Gasteiger partial charge in [-0.3, -0.25) is 14.3 Å². The third kappa shape index (κ3) is 3.28. The van der Waals surface area contributed by atoms with Crippen molar-refractivity contribution in [3.63, 3.8) is 0 Å². The van der Waals surface area contributed by atoms with Gasteiger partial charge in [0.2, 0.25) is 5.91 Å². The van der Waals surface area contributed by atoms with Crippen LogP contribution in [0.25, 0.3) is 0 Å². The van der Waals surface area contributed by atoms with E-state index in [9.17, 15) is 9.59 Å². The van der Waals surface area contributed by atoms with Crippen molar-refractivity contribution in [2.75, 3.05) is 5.32 Å². The van der Waals surface area contributed by atoms with Gasteiger partial charge in [0.1, 0.15) is 0 Å². The fourth-order valence-electron chi connectivity index (χ4n) is 2.05. The van der Waals surface area contributed by atoms with E-state index in [1.807, 2.05) is 20.9 Å². The highest BCUT2D eigenvalue weighted by molar-refractivity contribution is 6.03. The highest BCUT2D eigenvalue weighted by atomic mass is 16.2. The van der Waals surface area contributed by atoms with Crippen molar-refractivity contribution in [1.29, 1.82) is 0 Å². The fourth-order valence-corrected chi connectivity index (χ4v) is 2.05. The highest BCUT2D eigenvalue weighted by Crippen LogP contribution is 2.16. The standard InChI is InChI=1S/C15H18N4O2/c1-9(2)13-8-12(18-19(13)3)15(21)17-11-6-4-10(5-7-11)14(16)20/h4-9H,1-3H3,(H2,16,20)(H,17,21). The van der Waals surface area contributed by atoms with E-state index in [4.69, 9.17) is 5.73 Å². The van der Waals surface area contributed by atoms with Crippen molar-refractivity contribution in [2.24, 2.45) is 12.8 Å². The number of aromatic nitrogens is 2. The van der Waals surface area contributed by atoms with Gasteiger partial charge in [-0.1, -0.05) is 13.8 Å². The molecule has 0 unspecified atom stereocenters. The summed E-state index contributed by atoms with van der Waals surface area (Å²) < 4.78 is 1.70. The van der Waals surface area contributed by atoms with Crippen LogP contribution in [0.3, 0.4) is 0 Å². The van der Waals surface area contributed by atoms with Crippen LogP contribution in [0, 0.1) is 0 Å². The van der Waals surface area contributed by atoms with Gasteiger partial charge in [-0.15, -0.1) is 0 Å². The van der Waals surface area contributed by atoms with Crippen LogP contribution in [0.1, 0.15) is 46.3 Å². The average Bonchev–Trinajstić information content (AvgIpc) is 2.81. The number of hydrogen-bond donors (Lipinski definition) is 2. The van der Waals surface area contributed by atoms with Crippen molar-refractivity contribution in [2.45, 2.75) is 19.8 Å². The Morgan fingerprint density at radius 2 is 1.86 bits per heavy atom. The van der Waals surface area contributed by atoms with Crippen LogP contribution < -0.4 is 11.1 Å². The molecular formula is C15H18N4O2. The minimum Gasteiger partial charge on any atom is -0.366 e. The van der Waals surface area contributed by atoms with Gasteiger partial charge in [0, 0.05) is 24.0 Å². The summed E-state index contributed by atoms with van der Waals surface area (Å²) in [5, 5.41) is 6.94. The highest BCUT2D eigenvalue weighted by Gasteiger charge is 2.14. The molecular weight excluding hydrogens is 268 g/mol. The maximum atomic E-state index is 12.1. The molecule has 2 rings (SSSR count). The van der Waals surface area contributed by atoms with Gasteiger partial charge in [-0.2, -0.15) is 5.10 Å². The molecule has 0 aliphatic heterocycles. The second-order valence-electron chi connectivity index (χ2n) is 5.13. The second-order valence-corrected chi connectivity index (χ2v) is 5.13. The summed E-state index contributed by atoms with van der Waals surface area (Å²) in [4.78, 5) is 23.1. The first-order valence-corrected chi connectivity index (χ1v) is 6.63. The molecule has 110 valence electrons. The molecule has 6 nitrogen and oxygen atoms in total. The van der Waals surface area contributed by atoms with Gasteiger partial charge in [-0.05, 0) is 36.2 Å². The number of benzene rings is 1. The number of amides is 2. The van der Waals surface area contributed by atoms with E-state index in [1.165, 1.54) is 0 Å². The predicted octanol–water partition coefficient (Wildman–Crippen LogP) is 1.89. The van der Waals surface area contributed by atoms with Gasteiger partial charge in [0.05, 0.1) is 0 Å². The van der Waals surface area contributed by atoms with Crippen LogP contribution in [-0.4, -0.2) is 21.6 Å². The lowest BCUT2D eigenvalue weighted by Crippen LogP contribution is -2.14.